The Morgan fingerprint density at radius 2 is 1.97 bits per heavy atom. The van der Waals surface area contributed by atoms with Crippen LogP contribution in [0.25, 0.3) is 0 Å². The summed E-state index contributed by atoms with van der Waals surface area (Å²) < 4.78 is 53.8. The first-order chi connectivity index (χ1) is 15.6. The SMILES string of the molecule is CCCCN1CN(CC(F)F)C(=O)c2c(O)c(=O)c(C(=O)NCc3ccc(F)cc3F)cn21. The molecule has 0 radical (unpaired) electrons. The number of fused-ring (bicyclic) bond motifs is 1. The molecule has 2 amide bonds. The van der Waals surface area contributed by atoms with Gasteiger partial charge in [0.25, 0.3) is 18.2 Å². The van der Waals surface area contributed by atoms with Gasteiger partial charge in [0.2, 0.25) is 5.43 Å². The standard InChI is InChI=1S/C21H22F4N4O4/c1-2-3-6-28-11-27(10-16(24)25)21(33)17-19(31)18(30)14(9-29(17)28)20(32)26-8-12-4-5-13(22)7-15(12)23/h4-5,7,9,16,31H,2-3,6,8,10-11H2,1H3,(H,26,32). The van der Waals surface area contributed by atoms with Gasteiger partial charge < -0.3 is 15.3 Å². The molecule has 8 nitrogen and oxygen atoms in total. The number of nitrogens with one attached hydrogen (secondary N) is 1. The summed E-state index contributed by atoms with van der Waals surface area (Å²) in [6.45, 7) is 0.693. The molecule has 1 aliphatic rings. The Morgan fingerprint density at radius 1 is 1.24 bits per heavy atom. The van der Waals surface area contributed by atoms with Crippen molar-refractivity contribution in [1.29, 1.82) is 0 Å². The molecule has 1 aromatic carbocycles. The van der Waals surface area contributed by atoms with Crippen molar-refractivity contribution in [2.75, 3.05) is 24.8 Å². The summed E-state index contributed by atoms with van der Waals surface area (Å²) in [7, 11) is 0. The molecule has 2 heterocycles. The third kappa shape index (κ3) is 5.10. The maximum absolute atomic E-state index is 13.8. The largest absolute Gasteiger partial charge is 0.502 e. The second kappa shape index (κ2) is 9.92. The number of alkyl halides is 2. The summed E-state index contributed by atoms with van der Waals surface area (Å²) in [5.41, 5.74) is -2.27. The van der Waals surface area contributed by atoms with Crippen LogP contribution in [-0.4, -0.2) is 52.7 Å². The fourth-order valence-electron chi connectivity index (χ4n) is 3.41. The van der Waals surface area contributed by atoms with Gasteiger partial charge in [-0.3, -0.25) is 24.1 Å². The molecular formula is C21H22F4N4O4. The molecule has 0 unspecified atom stereocenters. The zero-order chi connectivity index (χ0) is 24.3. The number of pyridine rings is 1. The number of hydrogen-bond acceptors (Lipinski definition) is 5. The Hall–Kier alpha value is -3.57. The summed E-state index contributed by atoms with van der Waals surface area (Å²) in [4.78, 5) is 38.7. The van der Waals surface area contributed by atoms with Gasteiger partial charge in [-0.2, -0.15) is 0 Å². The van der Waals surface area contributed by atoms with Crippen LogP contribution in [0.1, 0.15) is 46.2 Å². The van der Waals surface area contributed by atoms with Gasteiger partial charge in [-0.15, -0.1) is 0 Å². The molecule has 2 aromatic rings. The first kappa shape index (κ1) is 24.1. The van der Waals surface area contributed by atoms with E-state index < -0.39 is 58.9 Å². The van der Waals surface area contributed by atoms with Gasteiger partial charge >= 0.3 is 0 Å². The van der Waals surface area contributed by atoms with Crippen molar-refractivity contribution in [3.8, 4) is 5.75 Å². The van der Waals surface area contributed by atoms with Crippen molar-refractivity contribution < 1.29 is 32.3 Å². The Kier molecular flexibility index (Phi) is 7.24. The lowest BCUT2D eigenvalue weighted by Crippen LogP contribution is -2.55. The average Bonchev–Trinajstić information content (AvgIpc) is 2.75. The molecule has 3 rings (SSSR count). The summed E-state index contributed by atoms with van der Waals surface area (Å²) in [6.07, 6.45) is -0.438. The lowest BCUT2D eigenvalue weighted by molar-refractivity contribution is 0.0478. The fraction of sp³-hybridized carbons (Fsp3) is 0.381. The van der Waals surface area contributed by atoms with E-state index in [0.717, 1.165) is 34.3 Å². The van der Waals surface area contributed by atoms with Gasteiger partial charge in [-0.05, 0) is 12.5 Å². The summed E-state index contributed by atoms with van der Waals surface area (Å²) in [6, 6.07) is 2.78. The minimum atomic E-state index is -2.82. The molecule has 0 bridgehead atoms. The highest BCUT2D eigenvalue weighted by molar-refractivity contribution is 5.99. The van der Waals surface area contributed by atoms with E-state index in [-0.39, 0.29) is 18.8 Å². The molecule has 33 heavy (non-hydrogen) atoms. The van der Waals surface area contributed by atoms with Crippen LogP contribution in [0.5, 0.6) is 5.75 Å². The van der Waals surface area contributed by atoms with Crippen molar-refractivity contribution in [2.24, 2.45) is 0 Å². The molecule has 0 saturated carbocycles. The Bertz CT molecular complexity index is 1120. The van der Waals surface area contributed by atoms with Crippen LogP contribution in [0.2, 0.25) is 0 Å². The molecule has 0 atom stereocenters. The van der Waals surface area contributed by atoms with Crippen LogP contribution < -0.4 is 15.8 Å². The zero-order valence-electron chi connectivity index (χ0n) is 17.7. The summed E-state index contributed by atoms with van der Waals surface area (Å²) in [5, 5.41) is 14.2. The van der Waals surface area contributed by atoms with Crippen molar-refractivity contribution in [3.05, 3.63) is 63.1 Å². The quantitative estimate of drug-likeness (QED) is 0.577. The van der Waals surface area contributed by atoms with Gasteiger partial charge in [0.1, 0.15) is 23.9 Å². The molecule has 12 heteroatoms. The van der Waals surface area contributed by atoms with Crippen LogP contribution in [0.3, 0.4) is 0 Å². The lowest BCUT2D eigenvalue weighted by atomic mass is 10.1. The Balaban J connectivity index is 1.95. The number of halogens is 4. The number of carbonyl (C=O) groups is 2. The number of nitrogens with zero attached hydrogens (tertiary/aromatic N) is 3. The van der Waals surface area contributed by atoms with Gasteiger partial charge in [0, 0.05) is 30.9 Å². The first-order valence-corrected chi connectivity index (χ1v) is 10.2. The Morgan fingerprint density at radius 3 is 2.61 bits per heavy atom. The molecule has 2 N–H and O–H groups in total. The second-order valence-corrected chi connectivity index (χ2v) is 7.48. The van der Waals surface area contributed by atoms with E-state index in [4.69, 9.17) is 0 Å². The van der Waals surface area contributed by atoms with Crippen molar-refractivity contribution in [2.45, 2.75) is 32.7 Å². The van der Waals surface area contributed by atoms with Crippen molar-refractivity contribution in [1.82, 2.24) is 14.9 Å². The molecule has 1 aliphatic heterocycles. The van der Waals surface area contributed by atoms with E-state index in [1.54, 1.807) is 0 Å². The summed E-state index contributed by atoms with van der Waals surface area (Å²) >= 11 is 0. The van der Waals surface area contributed by atoms with E-state index in [2.05, 4.69) is 5.32 Å². The maximum Gasteiger partial charge on any atom is 0.278 e. The minimum absolute atomic E-state index is 0.0329. The molecule has 0 fully saturated rings. The van der Waals surface area contributed by atoms with Gasteiger partial charge in [0.05, 0.1) is 6.54 Å². The van der Waals surface area contributed by atoms with Crippen LogP contribution in [0.15, 0.2) is 29.2 Å². The average molecular weight is 470 g/mol. The zero-order valence-corrected chi connectivity index (χ0v) is 17.7. The third-order valence-corrected chi connectivity index (χ3v) is 5.12. The van der Waals surface area contributed by atoms with E-state index in [0.29, 0.717) is 19.0 Å². The first-order valence-electron chi connectivity index (χ1n) is 10.2. The number of hydrogen-bond donors (Lipinski definition) is 2. The lowest BCUT2D eigenvalue weighted by Gasteiger charge is -2.39. The van der Waals surface area contributed by atoms with Crippen LogP contribution in [0.4, 0.5) is 17.6 Å². The molecule has 178 valence electrons. The van der Waals surface area contributed by atoms with Gasteiger partial charge in [0.15, 0.2) is 11.4 Å². The Labute approximate surface area is 186 Å². The van der Waals surface area contributed by atoms with Crippen LogP contribution in [0, 0.1) is 11.6 Å². The highest BCUT2D eigenvalue weighted by atomic mass is 19.3. The maximum atomic E-state index is 13.8. The highest BCUT2D eigenvalue weighted by Gasteiger charge is 2.35. The normalized spacial score (nSPS) is 13.5. The molecular weight excluding hydrogens is 448 g/mol. The van der Waals surface area contributed by atoms with Crippen molar-refractivity contribution >= 4 is 11.8 Å². The number of rotatable bonds is 8. The number of carbonyl (C=O) groups excluding carboxylic acids is 2. The number of aromatic nitrogens is 1. The molecule has 0 spiro atoms. The number of benzene rings is 1. The number of aromatic hydroxyl groups is 1. The topological polar surface area (TPSA) is 94.9 Å². The van der Waals surface area contributed by atoms with Crippen LogP contribution in [-0.2, 0) is 6.54 Å². The predicted octanol–water partition coefficient (Wildman–Crippen LogP) is 2.18. The minimum Gasteiger partial charge on any atom is -0.502 e. The second-order valence-electron chi connectivity index (χ2n) is 7.48. The fourth-order valence-corrected chi connectivity index (χ4v) is 3.41. The van der Waals surface area contributed by atoms with Gasteiger partial charge in [-0.1, -0.05) is 19.4 Å². The number of amides is 2. The highest BCUT2D eigenvalue weighted by Crippen LogP contribution is 2.22. The molecule has 1 aromatic heterocycles. The van der Waals surface area contributed by atoms with E-state index in [1.807, 2.05) is 6.92 Å². The van der Waals surface area contributed by atoms with Gasteiger partial charge in [-0.25, -0.2) is 17.6 Å². The monoisotopic (exact) mass is 470 g/mol. The van der Waals surface area contributed by atoms with Crippen LogP contribution >= 0.6 is 0 Å². The number of unbranched alkanes of at least 4 members (excludes halogenated alkanes) is 1. The van der Waals surface area contributed by atoms with Crippen molar-refractivity contribution in [3.63, 3.8) is 0 Å². The predicted molar refractivity (Wildman–Crippen MR) is 110 cm³/mol. The third-order valence-electron chi connectivity index (χ3n) is 5.12. The van der Waals surface area contributed by atoms with E-state index >= 15 is 0 Å². The van der Waals surface area contributed by atoms with E-state index in [1.165, 1.54) is 5.01 Å². The smallest absolute Gasteiger partial charge is 0.278 e. The summed E-state index contributed by atoms with van der Waals surface area (Å²) in [5.74, 6) is -4.68. The molecule has 0 saturated heterocycles. The van der Waals surface area contributed by atoms with E-state index in [9.17, 15) is 37.1 Å². The molecule has 0 aliphatic carbocycles.